The Morgan fingerprint density at radius 3 is 2.48 bits per heavy atom. The normalized spacial score (nSPS) is 21.0. The standard InChI is InChI=1S/C24H33N/c1-2-3-7-10-21-12-16-23(17-13-21)24-18-14-22(15-19-24)11-8-5-4-6-9-20-25/h4-6,9,12-13,16-17,22,24H,2-3,7-8,10-11,14-15,18-19H2,1H3/b5-4+,9-6+. The lowest BCUT2D eigenvalue weighted by Gasteiger charge is -2.28. The molecule has 1 fully saturated rings. The van der Waals surface area contributed by atoms with Gasteiger partial charge in [-0.2, -0.15) is 5.26 Å². The van der Waals surface area contributed by atoms with Crippen LogP contribution >= 0.6 is 0 Å². The summed E-state index contributed by atoms with van der Waals surface area (Å²) in [5.74, 6) is 1.66. The summed E-state index contributed by atoms with van der Waals surface area (Å²) in [5, 5.41) is 8.44. The molecule has 0 aromatic heterocycles. The van der Waals surface area contributed by atoms with Gasteiger partial charge in [0, 0.05) is 6.08 Å². The van der Waals surface area contributed by atoms with E-state index in [9.17, 15) is 0 Å². The third-order valence-electron chi connectivity index (χ3n) is 5.53. The average Bonchev–Trinajstić information content (AvgIpc) is 2.66. The molecule has 0 atom stereocenters. The topological polar surface area (TPSA) is 23.8 Å². The molecule has 1 aliphatic rings. The number of aryl methyl sites for hydroxylation is 1. The Balaban J connectivity index is 1.70. The Labute approximate surface area is 154 Å². The van der Waals surface area contributed by atoms with Crippen molar-refractivity contribution in [3.05, 3.63) is 59.7 Å². The fraction of sp³-hybridized carbons (Fsp3) is 0.542. The van der Waals surface area contributed by atoms with E-state index < -0.39 is 0 Å². The lowest BCUT2D eigenvalue weighted by molar-refractivity contribution is 0.312. The monoisotopic (exact) mass is 335 g/mol. The van der Waals surface area contributed by atoms with E-state index in [1.54, 1.807) is 5.56 Å². The van der Waals surface area contributed by atoms with Crippen LogP contribution in [0.5, 0.6) is 0 Å². The fourth-order valence-corrected chi connectivity index (χ4v) is 3.93. The van der Waals surface area contributed by atoms with E-state index in [2.05, 4.69) is 37.3 Å². The molecular formula is C24H33N. The predicted octanol–water partition coefficient (Wildman–Crippen LogP) is 7.11. The van der Waals surface area contributed by atoms with Crippen molar-refractivity contribution < 1.29 is 0 Å². The van der Waals surface area contributed by atoms with E-state index in [0.29, 0.717) is 0 Å². The maximum absolute atomic E-state index is 8.44. The summed E-state index contributed by atoms with van der Waals surface area (Å²) in [6.45, 7) is 2.27. The van der Waals surface area contributed by atoms with Crippen LogP contribution in [0.3, 0.4) is 0 Å². The molecule has 1 saturated carbocycles. The maximum atomic E-state index is 8.44. The van der Waals surface area contributed by atoms with Crippen LogP contribution in [0.2, 0.25) is 0 Å². The first-order chi connectivity index (χ1) is 12.3. The second-order valence-electron chi connectivity index (χ2n) is 7.41. The van der Waals surface area contributed by atoms with E-state index in [1.807, 2.05) is 18.2 Å². The van der Waals surface area contributed by atoms with E-state index in [4.69, 9.17) is 5.26 Å². The van der Waals surface area contributed by atoms with Gasteiger partial charge in [0.05, 0.1) is 6.07 Å². The van der Waals surface area contributed by atoms with Crippen LogP contribution in [0, 0.1) is 17.2 Å². The Morgan fingerprint density at radius 2 is 1.80 bits per heavy atom. The van der Waals surface area contributed by atoms with Crippen LogP contribution in [0.1, 0.15) is 81.8 Å². The lowest BCUT2D eigenvalue weighted by atomic mass is 9.77. The molecular weight excluding hydrogens is 302 g/mol. The Kier molecular flexibility index (Phi) is 9.13. The first kappa shape index (κ1) is 19.5. The highest BCUT2D eigenvalue weighted by Gasteiger charge is 2.21. The van der Waals surface area contributed by atoms with Crippen molar-refractivity contribution in [3.63, 3.8) is 0 Å². The van der Waals surface area contributed by atoms with Gasteiger partial charge in [0.15, 0.2) is 0 Å². The van der Waals surface area contributed by atoms with Gasteiger partial charge < -0.3 is 0 Å². The average molecular weight is 336 g/mol. The zero-order valence-corrected chi connectivity index (χ0v) is 15.8. The van der Waals surface area contributed by atoms with E-state index in [1.165, 1.54) is 69.4 Å². The number of rotatable bonds is 9. The van der Waals surface area contributed by atoms with Gasteiger partial charge >= 0.3 is 0 Å². The Morgan fingerprint density at radius 1 is 1.04 bits per heavy atom. The van der Waals surface area contributed by atoms with Crippen LogP contribution in [-0.4, -0.2) is 0 Å². The summed E-state index contributed by atoms with van der Waals surface area (Å²) < 4.78 is 0. The quantitative estimate of drug-likeness (QED) is 0.268. The second kappa shape index (κ2) is 11.7. The minimum Gasteiger partial charge on any atom is -0.193 e. The highest BCUT2D eigenvalue weighted by molar-refractivity contribution is 5.26. The molecule has 1 aromatic carbocycles. The first-order valence-electron chi connectivity index (χ1n) is 10.1. The van der Waals surface area contributed by atoms with Crippen LogP contribution in [0.15, 0.2) is 48.6 Å². The highest BCUT2D eigenvalue weighted by atomic mass is 14.3. The summed E-state index contributed by atoms with van der Waals surface area (Å²) in [6, 6.07) is 11.5. The zero-order valence-electron chi connectivity index (χ0n) is 15.8. The molecule has 1 aliphatic carbocycles. The smallest absolute Gasteiger partial charge is 0.0912 e. The van der Waals surface area contributed by atoms with E-state index in [0.717, 1.165) is 18.3 Å². The van der Waals surface area contributed by atoms with Crippen LogP contribution in [0.25, 0.3) is 0 Å². The molecule has 25 heavy (non-hydrogen) atoms. The van der Waals surface area contributed by atoms with Gasteiger partial charge in [-0.3, -0.25) is 0 Å². The molecule has 2 rings (SSSR count). The largest absolute Gasteiger partial charge is 0.193 e. The van der Waals surface area contributed by atoms with Crippen molar-refractivity contribution in [2.45, 2.75) is 77.0 Å². The van der Waals surface area contributed by atoms with E-state index in [-0.39, 0.29) is 0 Å². The molecule has 0 unspecified atom stereocenters. The predicted molar refractivity (Wildman–Crippen MR) is 107 cm³/mol. The van der Waals surface area contributed by atoms with Gasteiger partial charge in [0.25, 0.3) is 0 Å². The van der Waals surface area contributed by atoms with Crippen molar-refractivity contribution in [1.29, 1.82) is 5.26 Å². The van der Waals surface area contributed by atoms with Gasteiger partial charge in [-0.15, -0.1) is 0 Å². The van der Waals surface area contributed by atoms with Crippen LogP contribution in [0.4, 0.5) is 0 Å². The second-order valence-corrected chi connectivity index (χ2v) is 7.41. The number of nitriles is 1. The molecule has 0 saturated heterocycles. The molecule has 0 radical (unpaired) electrons. The van der Waals surface area contributed by atoms with Gasteiger partial charge in [-0.25, -0.2) is 0 Å². The number of allylic oxidation sites excluding steroid dienone is 4. The van der Waals surface area contributed by atoms with E-state index >= 15 is 0 Å². The van der Waals surface area contributed by atoms with Crippen molar-refractivity contribution in [2.24, 2.45) is 5.92 Å². The number of benzene rings is 1. The van der Waals surface area contributed by atoms with Gasteiger partial charge in [0.2, 0.25) is 0 Å². The molecule has 1 heteroatoms. The first-order valence-corrected chi connectivity index (χ1v) is 10.1. The third-order valence-corrected chi connectivity index (χ3v) is 5.53. The van der Waals surface area contributed by atoms with Crippen LogP contribution in [-0.2, 0) is 6.42 Å². The van der Waals surface area contributed by atoms with Gasteiger partial charge in [-0.05, 0) is 74.3 Å². The molecule has 0 bridgehead atoms. The fourth-order valence-electron chi connectivity index (χ4n) is 3.93. The Bertz CT molecular complexity index is 565. The third kappa shape index (κ3) is 7.30. The van der Waals surface area contributed by atoms with Crippen molar-refractivity contribution in [3.8, 4) is 6.07 Å². The molecule has 0 N–H and O–H groups in total. The highest BCUT2D eigenvalue weighted by Crippen LogP contribution is 2.37. The summed E-state index contributed by atoms with van der Waals surface area (Å²) in [5.41, 5.74) is 3.06. The maximum Gasteiger partial charge on any atom is 0.0912 e. The number of hydrogen-bond donors (Lipinski definition) is 0. The summed E-state index contributed by atoms with van der Waals surface area (Å²) in [7, 11) is 0. The Hall–Kier alpha value is -1.81. The van der Waals surface area contributed by atoms with Crippen molar-refractivity contribution in [2.75, 3.05) is 0 Å². The van der Waals surface area contributed by atoms with Crippen molar-refractivity contribution >= 4 is 0 Å². The molecule has 0 aliphatic heterocycles. The van der Waals surface area contributed by atoms with Gasteiger partial charge in [0.1, 0.15) is 0 Å². The molecule has 0 heterocycles. The molecule has 134 valence electrons. The molecule has 1 nitrogen and oxygen atoms in total. The molecule has 0 spiro atoms. The minimum atomic E-state index is 0.773. The number of unbranched alkanes of at least 4 members (excludes halogenated alkanes) is 2. The lowest BCUT2D eigenvalue weighted by Crippen LogP contribution is -2.13. The number of hydrogen-bond acceptors (Lipinski definition) is 1. The zero-order chi connectivity index (χ0) is 17.7. The number of nitrogens with zero attached hydrogens (tertiary/aromatic N) is 1. The summed E-state index contributed by atoms with van der Waals surface area (Å²) in [4.78, 5) is 0. The SMILES string of the molecule is CCCCCc1ccc(C2CCC(CC/C=C/C=C/C#N)CC2)cc1. The summed E-state index contributed by atoms with van der Waals surface area (Å²) in [6.07, 6.45) is 20.6. The minimum absolute atomic E-state index is 0.773. The molecule has 1 aromatic rings. The van der Waals surface area contributed by atoms with Crippen molar-refractivity contribution in [1.82, 2.24) is 0 Å². The summed E-state index contributed by atoms with van der Waals surface area (Å²) >= 11 is 0. The molecule has 0 amide bonds. The van der Waals surface area contributed by atoms with Crippen LogP contribution < -0.4 is 0 Å². The van der Waals surface area contributed by atoms with Gasteiger partial charge in [-0.1, -0.05) is 62.3 Å².